The van der Waals surface area contributed by atoms with Crippen LogP contribution in [0.2, 0.25) is 0 Å². The third-order valence-corrected chi connectivity index (χ3v) is 5.31. The fraction of sp³-hybridized carbons (Fsp3) is 0.500. The average Bonchev–Trinajstić information content (AvgIpc) is 2.93. The third-order valence-electron chi connectivity index (χ3n) is 5.31. The molecular weight excluding hydrogens is 354 g/mol. The molecule has 2 heterocycles. The van der Waals surface area contributed by atoms with Crippen LogP contribution in [0.4, 0.5) is 0 Å². The number of piperidine rings is 1. The molecule has 0 saturated carbocycles. The van der Waals surface area contributed by atoms with Crippen LogP contribution in [-0.4, -0.2) is 46.3 Å². The lowest BCUT2D eigenvalue weighted by Crippen LogP contribution is -2.44. The molecule has 1 fully saturated rings. The number of esters is 1. The van der Waals surface area contributed by atoms with Gasteiger partial charge in [0, 0.05) is 13.1 Å². The van der Waals surface area contributed by atoms with E-state index in [1.165, 1.54) is 0 Å². The molecular formula is C22H29N3O3. The quantitative estimate of drug-likeness (QED) is 0.744. The van der Waals surface area contributed by atoms with E-state index in [2.05, 4.69) is 18.9 Å². The largest absolute Gasteiger partial charge is 0.452 e. The van der Waals surface area contributed by atoms with Gasteiger partial charge in [0.2, 0.25) is 0 Å². The van der Waals surface area contributed by atoms with Gasteiger partial charge in [-0.15, -0.1) is 0 Å². The van der Waals surface area contributed by atoms with Crippen molar-refractivity contribution >= 4 is 11.9 Å². The number of aromatic nitrogens is 2. The van der Waals surface area contributed by atoms with Crippen LogP contribution >= 0.6 is 0 Å². The van der Waals surface area contributed by atoms with Gasteiger partial charge in [0.15, 0.2) is 6.61 Å². The van der Waals surface area contributed by atoms with Gasteiger partial charge in [-0.1, -0.05) is 44.2 Å². The average molecular weight is 383 g/mol. The first-order valence-corrected chi connectivity index (χ1v) is 9.88. The number of ether oxygens (including phenoxy) is 1. The number of nitrogens with zero attached hydrogens (tertiary/aromatic N) is 3. The van der Waals surface area contributed by atoms with Gasteiger partial charge in [0.1, 0.15) is 5.56 Å². The van der Waals surface area contributed by atoms with Gasteiger partial charge in [-0.2, -0.15) is 5.10 Å². The molecule has 0 N–H and O–H groups in total. The first kappa shape index (κ1) is 20.1. The number of aryl methyl sites for hydroxylation is 1. The summed E-state index contributed by atoms with van der Waals surface area (Å²) in [6.45, 7) is 9.77. The molecule has 0 bridgehead atoms. The lowest BCUT2D eigenvalue weighted by molar-refractivity contribution is -0.137. The van der Waals surface area contributed by atoms with Crippen molar-refractivity contribution in [1.29, 1.82) is 0 Å². The van der Waals surface area contributed by atoms with Crippen molar-refractivity contribution in [1.82, 2.24) is 14.7 Å². The molecule has 1 amide bonds. The number of hydrogen-bond acceptors (Lipinski definition) is 4. The SMILES string of the molecule is Cc1nn(Cc2ccccc2)c(C)c1C(=O)OCC(=O)N1C[C@H](C)C[C@@H](C)C1. The van der Waals surface area contributed by atoms with Gasteiger partial charge in [-0.05, 0) is 37.7 Å². The topological polar surface area (TPSA) is 64.4 Å². The molecule has 1 aromatic heterocycles. The van der Waals surface area contributed by atoms with Crippen molar-refractivity contribution in [2.75, 3.05) is 19.7 Å². The predicted molar refractivity (Wildman–Crippen MR) is 107 cm³/mol. The Hall–Kier alpha value is -2.63. The highest BCUT2D eigenvalue weighted by atomic mass is 16.5. The van der Waals surface area contributed by atoms with Crippen molar-refractivity contribution < 1.29 is 14.3 Å². The molecule has 1 aromatic carbocycles. The number of hydrogen-bond donors (Lipinski definition) is 0. The van der Waals surface area contributed by atoms with E-state index in [-0.39, 0.29) is 12.5 Å². The number of benzene rings is 1. The molecule has 1 saturated heterocycles. The molecule has 1 aliphatic rings. The van der Waals surface area contributed by atoms with E-state index in [0.717, 1.165) is 30.8 Å². The van der Waals surface area contributed by atoms with Crippen LogP contribution in [0, 0.1) is 25.7 Å². The van der Waals surface area contributed by atoms with Crippen molar-refractivity contribution in [2.24, 2.45) is 11.8 Å². The van der Waals surface area contributed by atoms with E-state index in [1.54, 1.807) is 11.6 Å². The zero-order chi connectivity index (χ0) is 20.3. The minimum absolute atomic E-state index is 0.126. The zero-order valence-electron chi connectivity index (χ0n) is 17.1. The van der Waals surface area contributed by atoms with E-state index in [9.17, 15) is 9.59 Å². The fourth-order valence-electron chi connectivity index (χ4n) is 4.06. The van der Waals surface area contributed by atoms with Crippen LogP contribution in [0.3, 0.4) is 0 Å². The van der Waals surface area contributed by atoms with Crippen molar-refractivity contribution in [2.45, 2.75) is 40.7 Å². The van der Waals surface area contributed by atoms with Crippen LogP contribution in [-0.2, 0) is 16.1 Å². The molecule has 2 atom stereocenters. The van der Waals surface area contributed by atoms with Gasteiger partial charge in [0.05, 0.1) is 17.9 Å². The Bertz CT molecular complexity index is 834. The number of carbonyl (C=O) groups excluding carboxylic acids is 2. The maximum absolute atomic E-state index is 12.6. The van der Waals surface area contributed by atoms with Crippen molar-refractivity contribution in [3.05, 3.63) is 52.8 Å². The molecule has 0 spiro atoms. The van der Waals surface area contributed by atoms with E-state index in [4.69, 9.17) is 4.74 Å². The van der Waals surface area contributed by atoms with Crippen LogP contribution in [0.15, 0.2) is 30.3 Å². The lowest BCUT2D eigenvalue weighted by Gasteiger charge is -2.34. The first-order chi connectivity index (χ1) is 13.3. The molecule has 0 aliphatic carbocycles. The Morgan fingerprint density at radius 1 is 1.11 bits per heavy atom. The molecule has 0 unspecified atom stereocenters. The van der Waals surface area contributed by atoms with E-state index in [0.29, 0.717) is 29.6 Å². The summed E-state index contributed by atoms with van der Waals surface area (Å²) in [4.78, 5) is 26.9. The predicted octanol–water partition coefficient (Wildman–Crippen LogP) is 3.21. The normalized spacial score (nSPS) is 19.5. The summed E-state index contributed by atoms with van der Waals surface area (Å²) < 4.78 is 7.16. The van der Waals surface area contributed by atoms with Gasteiger partial charge >= 0.3 is 5.97 Å². The molecule has 150 valence electrons. The smallest absolute Gasteiger partial charge is 0.342 e. The van der Waals surface area contributed by atoms with Gasteiger partial charge in [-0.3, -0.25) is 9.48 Å². The second-order valence-corrected chi connectivity index (χ2v) is 8.01. The first-order valence-electron chi connectivity index (χ1n) is 9.88. The Morgan fingerprint density at radius 3 is 2.39 bits per heavy atom. The summed E-state index contributed by atoms with van der Waals surface area (Å²) in [5.74, 6) is 0.340. The van der Waals surface area contributed by atoms with Crippen molar-refractivity contribution in [3.8, 4) is 0 Å². The second kappa shape index (κ2) is 8.59. The fourth-order valence-corrected chi connectivity index (χ4v) is 4.06. The summed E-state index contributed by atoms with van der Waals surface area (Å²) >= 11 is 0. The molecule has 6 heteroatoms. The van der Waals surface area contributed by atoms with Crippen LogP contribution in [0.1, 0.15) is 47.6 Å². The van der Waals surface area contributed by atoms with E-state index >= 15 is 0 Å². The number of likely N-dealkylation sites (tertiary alicyclic amines) is 1. The number of amides is 1. The Labute approximate surface area is 166 Å². The summed E-state index contributed by atoms with van der Waals surface area (Å²) in [6, 6.07) is 9.96. The highest BCUT2D eigenvalue weighted by Gasteiger charge is 2.27. The molecule has 6 nitrogen and oxygen atoms in total. The molecule has 2 aromatic rings. The number of rotatable bonds is 5. The molecule has 28 heavy (non-hydrogen) atoms. The molecule has 3 rings (SSSR count). The highest BCUT2D eigenvalue weighted by molar-refractivity contribution is 5.93. The monoisotopic (exact) mass is 383 g/mol. The minimum Gasteiger partial charge on any atom is -0.452 e. The van der Waals surface area contributed by atoms with Crippen LogP contribution in [0.5, 0.6) is 0 Å². The Morgan fingerprint density at radius 2 is 1.75 bits per heavy atom. The van der Waals surface area contributed by atoms with E-state index < -0.39 is 5.97 Å². The lowest BCUT2D eigenvalue weighted by atomic mass is 9.92. The summed E-state index contributed by atoms with van der Waals surface area (Å²) in [7, 11) is 0. The van der Waals surface area contributed by atoms with Gasteiger partial charge < -0.3 is 9.64 Å². The van der Waals surface area contributed by atoms with E-state index in [1.807, 2.05) is 42.2 Å². The number of carbonyl (C=O) groups is 2. The highest BCUT2D eigenvalue weighted by Crippen LogP contribution is 2.21. The van der Waals surface area contributed by atoms with Crippen molar-refractivity contribution in [3.63, 3.8) is 0 Å². The Balaban J connectivity index is 1.63. The maximum Gasteiger partial charge on any atom is 0.342 e. The second-order valence-electron chi connectivity index (χ2n) is 8.01. The standard InChI is InChI=1S/C22H29N3O3/c1-15-10-16(2)12-24(11-15)20(26)14-28-22(27)21-17(3)23-25(18(21)4)13-19-8-6-5-7-9-19/h5-9,15-16H,10-14H2,1-4H3/t15-,16-/m1/s1. The zero-order valence-corrected chi connectivity index (χ0v) is 17.1. The summed E-state index contributed by atoms with van der Waals surface area (Å²) in [6.07, 6.45) is 1.13. The molecule has 1 aliphatic heterocycles. The maximum atomic E-state index is 12.6. The van der Waals surface area contributed by atoms with Crippen LogP contribution < -0.4 is 0 Å². The van der Waals surface area contributed by atoms with Gasteiger partial charge in [0.25, 0.3) is 5.91 Å². The summed E-state index contributed by atoms with van der Waals surface area (Å²) in [5.41, 5.74) is 2.92. The third kappa shape index (κ3) is 4.61. The van der Waals surface area contributed by atoms with Gasteiger partial charge in [-0.25, -0.2) is 4.79 Å². The molecule has 0 radical (unpaired) electrons. The van der Waals surface area contributed by atoms with Crippen LogP contribution in [0.25, 0.3) is 0 Å². The minimum atomic E-state index is -0.485. The summed E-state index contributed by atoms with van der Waals surface area (Å²) in [5, 5.41) is 4.48. The Kier molecular flexibility index (Phi) is 6.17.